The van der Waals surface area contributed by atoms with Crippen molar-refractivity contribution in [1.82, 2.24) is 0 Å². The Balaban J connectivity index is 3.17. The van der Waals surface area contributed by atoms with E-state index in [4.69, 9.17) is 5.11 Å². The lowest BCUT2D eigenvalue weighted by Gasteiger charge is -1.91. The highest BCUT2D eigenvalue weighted by Gasteiger charge is 1.97. The minimum Gasteiger partial charge on any atom is -0.507 e. The van der Waals surface area contributed by atoms with Crippen LogP contribution in [0.4, 0.5) is 4.39 Å². The van der Waals surface area contributed by atoms with E-state index in [9.17, 15) is 4.39 Å². The first-order valence-corrected chi connectivity index (χ1v) is 3.05. The van der Waals surface area contributed by atoms with Gasteiger partial charge in [0.05, 0.1) is 4.47 Å². The first-order chi connectivity index (χ1) is 4.20. The van der Waals surface area contributed by atoms with E-state index in [1.165, 1.54) is 6.07 Å². The zero-order chi connectivity index (χ0) is 6.85. The SMILES string of the molecule is Oc1[c]cc(F)c(Br)c1. The Morgan fingerprint density at radius 2 is 2.33 bits per heavy atom. The Morgan fingerprint density at radius 1 is 1.67 bits per heavy atom. The summed E-state index contributed by atoms with van der Waals surface area (Å²) in [5.41, 5.74) is 0. The van der Waals surface area contributed by atoms with Crippen LogP contribution in [0.15, 0.2) is 16.6 Å². The van der Waals surface area contributed by atoms with Crippen molar-refractivity contribution in [2.75, 3.05) is 0 Å². The van der Waals surface area contributed by atoms with E-state index in [1.54, 1.807) is 0 Å². The molecule has 1 rings (SSSR count). The maximum atomic E-state index is 12.3. The lowest BCUT2D eigenvalue weighted by atomic mass is 10.3. The van der Waals surface area contributed by atoms with Crippen molar-refractivity contribution >= 4 is 15.9 Å². The molecule has 1 aromatic carbocycles. The van der Waals surface area contributed by atoms with Crippen LogP contribution >= 0.6 is 15.9 Å². The predicted molar refractivity (Wildman–Crippen MR) is 34.6 cm³/mol. The minimum absolute atomic E-state index is 0.0664. The van der Waals surface area contributed by atoms with Crippen molar-refractivity contribution in [3.63, 3.8) is 0 Å². The van der Waals surface area contributed by atoms with Crippen LogP contribution in [-0.2, 0) is 0 Å². The molecule has 0 aliphatic carbocycles. The van der Waals surface area contributed by atoms with E-state index >= 15 is 0 Å². The van der Waals surface area contributed by atoms with Gasteiger partial charge in [0.15, 0.2) is 0 Å². The highest BCUT2D eigenvalue weighted by molar-refractivity contribution is 9.10. The first kappa shape index (κ1) is 6.55. The highest BCUT2D eigenvalue weighted by atomic mass is 79.9. The Kier molecular flexibility index (Phi) is 1.71. The molecule has 0 fully saturated rings. The van der Waals surface area contributed by atoms with E-state index in [0.29, 0.717) is 0 Å². The molecule has 3 heteroatoms. The third kappa shape index (κ3) is 1.42. The summed E-state index contributed by atoms with van der Waals surface area (Å²) in [7, 11) is 0. The lowest BCUT2D eigenvalue weighted by molar-refractivity contribution is 0.471. The molecular formula is C6H3BrFO. The van der Waals surface area contributed by atoms with Gasteiger partial charge in [-0.25, -0.2) is 4.39 Å². The molecule has 0 bridgehead atoms. The molecule has 0 spiro atoms. The van der Waals surface area contributed by atoms with E-state index < -0.39 is 5.82 Å². The number of phenols is 1. The van der Waals surface area contributed by atoms with Gasteiger partial charge in [-0.2, -0.15) is 0 Å². The second kappa shape index (κ2) is 2.35. The molecule has 0 unspecified atom stereocenters. The predicted octanol–water partition coefficient (Wildman–Crippen LogP) is 2.09. The molecule has 0 aromatic heterocycles. The van der Waals surface area contributed by atoms with Crippen molar-refractivity contribution in [3.05, 3.63) is 28.5 Å². The van der Waals surface area contributed by atoms with Gasteiger partial charge in [-0.05, 0) is 28.1 Å². The van der Waals surface area contributed by atoms with Crippen LogP contribution < -0.4 is 0 Å². The van der Waals surface area contributed by atoms with Gasteiger partial charge in [0.1, 0.15) is 11.6 Å². The number of aromatic hydroxyl groups is 1. The Bertz CT molecular complexity index is 224. The van der Waals surface area contributed by atoms with Crippen LogP contribution in [0, 0.1) is 11.9 Å². The van der Waals surface area contributed by atoms with Gasteiger partial charge in [-0.3, -0.25) is 0 Å². The van der Waals surface area contributed by atoms with Crippen molar-refractivity contribution in [3.8, 4) is 5.75 Å². The van der Waals surface area contributed by atoms with Crippen molar-refractivity contribution in [2.45, 2.75) is 0 Å². The van der Waals surface area contributed by atoms with Crippen LogP contribution in [0.2, 0.25) is 0 Å². The third-order valence-electron chi connectivity index (χ3n) is 0.838. The molecule has 0 heterocycles. The Labute approximate surface area is 60.3 Å². The minimum atomic E-state index is -0.423. The van der Waals surface area contributed by atoms with E-state index in [0.717, 1.165) is 6.07 Å². The molecule has 0 atom stereocenters. The zero-order valence-corrected chi connectivity index (χ0v) is 5.94. The summed E-state index contributed by atoms with van der Waals surface area (Å²) in [6, 6.07) is 4.61. The normalized spacial score (nSPS) is 9.56. The van der Waals surface area contributed by atoms with Gasteiger partial charge >= 0.3 is 0 Å². The molecule has 47 valence electrons. The summed E-state index contributed by atoms with van der Waals surface area (Å²) in [5, 5.41) is 8.69. The molecule has 1 N–H and O–H groups in total. The number of benzene rings is 1. The fourth-order valence-corrected chi connectivity index (χ4v) is 0.768. The molecular weight excluding hydrogens is 187 g/mol. The number of rotatable bonds is 0. The fourth-order valence-electron chi connectivity index (χ4n) is 0.437. The first-order valence-electron chi connectivity index (χ1n) is 2.26. The summed E-state index contributed by atoms with van der Waals surface area (Å²) in [6.45, 7) is 0. The molecule has 9 heavy (non-hydrogen) atoms. The monoisotopic (exact) mass is 189 g/mol. The summed E-state index contributed by atoms with van der Waals surface area (Å²) in [5.74, 6) is -0.490. The lowest BCUT2D eigenvalue weighted by Crippen LogP contribution is -1.74. The smallest absolute Gasteiger partial charge is 0.138 e. The van der Waals surface area contributed by atoms with Gasteiger partial charge in [-0.15, -0.1) is 0 Å². The average molecular weight is 190 g/mol. The van der Waals surface area contributed by atoms with E-state index in [2.05, 4.69) is 22.0 Å². The number of hydrogen-bond donors (Lipinski definition) is 1. The highest BCUT2D eigenvalue weighted by Crippen LogP contribution is 2.19. The van der Waals surface area contributed by atoms with Crippen molar-refractivity contribution in [1.29, 1.82) is 0 Å². The second-order valence-electron chi connectivity index (χ2n) is 1.51. The molecule has 0 saturated heterocycles. The van der Waals surface area contributed by atoms with Gasteiger partial charge in [0.25, 0.3) is 0 Å². The van der Waals surface area contributed by atoms with Crippen LogP contribution in [0.3, 0.4) is 0 Å². The van der Waals surface area contributed by atoms with Crippen molar-refractivity contribution < 1.29 is 9.50 Å². The number of phenolic OH excluding ortho intramolecular Hbond substituents is 1. The van der Waals surface area contributed by atoms with Gasteiger partial charge in [-0.1, -0.05) is 0 Å². The maximum Gasteiger partial charge on any atom is 0.138 e. The van der Waals surface area contributed by atoms with Crippen LogP contribution in [0.25, 0.3) is 0 Å². The van der Waals surface area contributed by atoms with E-state index in [-0.39, 0.29) is 10.2 Å². The van der Waals surface area contributed by atoms with Gasteiger partial charge in [0, 0.05) is 6.07 Å². The van der Waals surface area contributed by atoms with Crippen molar-refractivity contribution in [2.24, 2.45) is 0 Å². The van der Waals surface area contributed by atoms with Gasteiger partial charge < -0.3 is 5.11 Å². The summed E-state index contributed by atoms with van der Waals surface area (Å²) < 4.78 is 12.6. The van der Waals surface area contributed by atoms with E-state index in [1.807, 2.05) is 0 Å². The molecule has 1 radical (unpaired) electrons. The van der Waals surface area contributed by atoms with Crippen LogP contribution in [-0.4, -0.2) is 5.11 Å². The third-order valence-corrected chi connectivity index (χ3v) is 1.45. The summed E-state index contributed by atoms with van der Waals surface area (Å²) in [6.07, 6.45) is 0. The summed E-state index contributed by atoms with van der Waals surface area (Å²) >= 11 is 2.89. The number of halogens is 2. The quantitative estimate of drug-likeness (QED) is 0.663. The van der Waals surface area contributed by atoms with Gasteiger partial charge in [0.2, 0.25) is 0 Å². The topological polar surface area (TPSA) is 20.2 Å². The Hall–Kier alpha value is -0.570. The van der Waals surface area contributed by atoms with Crippen LogP contribution in [0.1, 0.15) is 0 Å². The maximum absolute atomic E-state index is 12.3. The molecule has 0 aliphatic heterocycles. The largest absolute Gasteiger partial charge is 0.507 e. The zero-order valence-electron chi connectivity index (χ0n) is 4.36. The summed E-state index contributed by atoms with van der Waals surface area (Å²) in [4.78, 5) is 0. The molecule has 0 aliphatic rings. The molecule has 1 aromatic rings. The number of hydrogen-bond acceptors (Lipinski definition) is 1. The Morgan fingerprint density at radius 3 is 2.78 bits per heavy atom. The van der Waals surface area contributed by atoms with Crippen LogP contribution in [0.5, 0.6) is 5.75 Å². The standard InChI is InChI=1S/C6H3BrFO/c7-5-3-4(9)1-2-6(5)8/h2-3,9H. The average Bonchev–Trinajstić information content (AvgIpc) is 1.80. The molecule has 0 amide bonds. The molecule has 0 saturated carbocycles. The molecule has 1 nitrogen and oxygen atoms in total. The second-order valence-corrected chi connectivity index (χ2v) is 2.37. The fraction of sp³-hybridized carbons (Fsp3) is 0.